The van der Waals surface area contributed by atoms with E-state index >= 15 is 0 Å². The summed E-state index contributed by atoms with van der Waals surface area (Å²) in [6.45, 7) is 10.7. The molecule has 38 heavy (non-hydrogen) atoms. The molecule has 1 aliphatic heterocycles. The van der Waals surface area contributed by atoms with Gasteiger partial charge in [-0.15, -0.1) is 0 Å². The van der Waals surface area contributed by atoms with Crippen LogP contribution in [0.2, 0.25) is 0 Å². The van der Waals surface area contributed by atoms with Gasteiger partial charge in [-0.2, -0.15) is 0 Å². The van der Waals surface area contributed by atoms with Gasteiger partial charge in [0.25, 0.3) is 5.91 Å². The lowest BCUT2D eigenvalue weighted by Gasteiger charge is -2.36. The lowest BCUT2D eigenvalue weighted by Crippen LogP contribution is -2.47. The lowest BCUT2D eigenvalue weighted by molar-refractivity contribution is 0.0952. The Bertz CT molecular complexity index is 704. The molecule has 0 aliphatic carbocycles. The molecule has 0 atom stereocenters. The summed E-state index contributed by atoms with van der Waals surface area (Å²) in [5.41, 5.74) is 0.666. The molecule has 0 spiro atoms. The van der Waals surface area contributed by atoms with Crippen LogP contribution in [0.3, 0.4) is 0 Å². The molecule has 6 heteroatoms. The van der Waals surface area contributed by atoms with E-state index in [-0.39, 0.29) is 5.91 Å². The number of carbonyl (C=O) groups excluding carboxylic acids is 1. The number of aromatic nitrogens is 1. The van der Waals surface area contributed by atoms with E-state index < -0.39 is 0 Å². The van der Waals surface area contributed by atoms with Gasteiger partial charge in [-0.3, -0.25) is 9.69 Å². The molecule has 1 N–H and O–H groups in total. The molecule has 0 aromatic carbocycles. The second kappa shape index (κ2) is 21.9. The van der Waals surface area contributed by atoms with E-state index in [0.717, 1.165) is 45.0 Å². The quantitative estimate of drug-likeness (QED) is 0.0788. The number of unbranched alkanes of at least 4 members (excludes halogenated alkanes) is 15. The van der Waals surface area contributed by atoms with Gasteiger partial charge in [0.1, 0.15) is 5.82 Å². The smallest absolute Gasteiger partial charge is 0.252 e. The molecule has 0 bridgehead atoms. The molecule has 0 saturated carbocycles. The summed E-state index contributed by atoms with van der Waals surface area (Å²) >= 11 is 2.48. The standard InChI is InChI=1S/C32H57IN4O/c1-29(2)28-36-23-25-37(26-24-36)31-20-19-30(27-35-31)32(38)34-22-18-16-14-12-10-8-6-4-3-5-7-9-11-13-15-17-21-33/h19-20,27,29H,3-18,21-26,28H2,1-2H3,(H,34,38). The third-order valence-electron chi connectivity index (χ3n) is 7.68. The zero-order valence-corrected chi connectivity index (χ0v) is 26.9. The Morgan fingerprint density at radius 2 is 1.29 bits per heavy atom. The van der Waals surface area contributed by atoms with Crippen molar-refractivity contribution in [3.63, 3.8) is 0 Å². The predicted molar refractivity (Wildman–Crippen MR) is 173 cm³/mol. The molecule has 1 amide bonds. The number of amides is 1. The first kappa shape index (κ1) is 33.3. The number of rotatable bonds is 22. The maximum Gasteiger partial charge on any atom is 0.252 e. The third-order valence-corrected chi connectivity index (χ3v) is 8.44. The highest BCUT2D eigenvalue weighted by atomic mass is 127. The Hall–Kier alpha value is -0.890. The highest BCUT2D eigenvalue weighted by Gasteiger charge is 2.18. The first-order valence-corrected chi connectivity index (χ1v) is 17.4. The van der Waals surface area contributed by atoms with Crippen LogP contribution in [0.4, 0.5) is 5.82 Å². The number of nitrogens with one attached hydrogen (secondary N) is 1. The van der Waals surface area contributed by atoms with E-state index in [1.807, 2.05) is 12.1 Å². The van der Waals surface area contributed by atoms with Gasteiger partial charge in [0.15, 0.2) is 0 Å². The van der Waals surface area contributed by atoms with E-state index in [1.165, 1.54) is 107 Å². The van der Waals surface area contributed by atoms with Gasteiger partial charge < -0.3 is 10.2 Å². The molecule has 2 heterocycles. The van der Waals surface area contributed by atoms with Crippen molar-refractivity contribution in [3.8, 4) is 0 Å². The van der Waals surface area contributed by atoms with E-state index in [0.29, 0.717) is 11.5 Å². The topological polar surface area (TPSA) is 48.5 Å². The summed E-state index contributed by atoms with van der Waals surface area (Å²) in [5.74, 6) is 1.70. The fraction of sp³-hybridized carbons (Fsp3) is 0.812. The number of pyridine rings is 1. The number of piperazine rings is 1. The Morgan fingerprint density at radius 1 is 0.789 bits per heavy atom. The second-order valence-electron chi connectivity index (χ2n) is 11.7. The van der Waals surface area contributed by atoms with Crippen molar-refractivity contribution >= 4 is 34.3 Å². The van der Waals surface area contributed by atoms with Gasteiger partial charge in [-0.1, -0.05) is 126 Å². The largest absolute Gasteiger partial charge is 0.354 e. The highest BCUT2D eigenvalue weighted by molar-refractivity contribution is 14.1. The van der Waals surface area contributed by atoms with Crippen LogP contribution in [0, 0.1) is 5.92 Å². The van der Waals surface area contributed by atoms with Crippen molar-refractivity contribution in [2.45, 2.75) is 117 Å². The maximum atomic E-state index is 12.5. The lowest BCUT2D eigenvalue weighted by atomic mass is 10.0. The van der Waals surface area contributed by atoms with E-state index in [2.05, 4.69) is 56.5 Å². The normalized spacial score (nSPS) is 14.4. The fourth-order valence-electron chi connectivity index (χ4n) is 5.38. The minimum atomic E-state index is 0.00185. The Kier molecular flexibility index (Phi) is 19.2. The van der Waals surface area contributed by atoms with Crippen LogP contribution in [0.5, 0.6) is 0 Å². The zero-order valence-electron chi connectivity index (χ0n) is 24.7. The number of hydrogen-bond donors (Lipinski definition) is 1. The summed E-state index contributed by atoms with van der Waals surface area (Å²) in [6, 6.07) is 3.93. The van der Waals surface area contributed by atoms with Gasteiger partial charge in [0.2, 0.25) is 0 Å². The number of carbonyl (C=O) groups is 1. The van der Waals surface area contributed by atoms with Crippen LogP contribution >= 0.6 is 22.6 Å². The average molecular weight is 641 g/mol. The fourth-order valence-corrected chi connectivity index (χ4v) is 5.92. The molecule has 1 aromatic heterocycles. The van der Waals surface area contributed by atoms with Gasteiger partial charge in [0.05, 0.1) is 5.56 Å². The van der Waals surface area contributed by atoms with Crippen LogP contribution < -0.4 is 10.2 Å². The van der Waals surface area contributed by atoms with Crippen LogP contribution in [0.1, 0.15) is 127 Å². The molecule has 0 unspecified atom stereocenters. The number of halogens is 1. The molecule has 1 aromatic rings. The van der Waals surface area contributed by atoms with E-state index in [1.54, 1.807) is 6.20 Å². The molecule has 0 radical (unpaired) electrons. The van der Waals surface area contributed by atoms with Crippen molar-refractivity contribution in [3.05, 3.63) is 23.9 Å². The monoisotopic (exact) mass is 640 g/mol. The van der Waals surface area contributed by atoms with Gasteiger partial charge in [-0.05, 0) is 35.3 Å². The van der Waals surface area contributed by atoms with E-state index in [4.69, 9.17) is 0 Å². The number of anilines is 1. The molecule has 1 aliphatic rings. The van der Waals surface area contributed by atoms with Gasteiger partial charge in [-0.25, -0.2) is 4.98 Å². The van der Waals surface area contributed by atoms with Crippen LogP contribution in [-0.4, -0.2) is 59.5 Å². The van der Waals surface area contributed by atoms with Crippen molar-refractivity contribution in [2.75, 3.05) is 48.6 Å². The van der Waals surface area contributed by atoms with Gasteiger partial charge in [0, 0.05) is 45.5 Å². The van der Waals surface area contributed by atoms with Crippen molar-refractivity contribution in [1.29, 1.82) is 0 Å². The SMILES string of the molecule is CC(C)CN1CCN(c2ccc(C(=O)NCCCCCCCCCCCCCCCCCCI)cn2)CC1. The second-order valence-corrected chi connectivity index (χ2v) is 12.8. The van der Waals surface area contributed by atoms with Crippen LogP contribution in [-0.2, 0) is 0 Å². The Balaban J connectivity index is 1.39. The minimum absolute atomic E-state index is 0.00185. The molecular weight excluding hydrogens is 583 g/mol. The molecule has 1 fully saturated rings. The van der Waals surface area contributed by atoms with Crippen molar-refractivity contribution < 1.29 is 4.79 Å². The highest BCUT2D eigenvalue weighted by Crippen LogP contribution is 2.16. The molecule has 218 valence electrons. The van der Waals surface area contributed by atoms with Crippen LogP contribution in [0.25, 0.3) is 0 Å². The summed E-state index contributed by atoms with van der Waals surface area (Å²) in [5, 5.41) is 3.07. The summed E-state index contributed by atoms with van der Waals surface area (Å²) in [6.07, 6.45) is 23.7. The zero-order chi connectivity index (χ0) is 27.3. The average Bonchev–Trinajstić information content (AvgIpc) is 2.92. The molecule has 5 nitrogen and oxygen atoms in total. The molecular formula is C32H57IN4O. The molecule has 2 rings (SSSR count). The first-order valence-electron chi connectivity index (χ1n) is 15.9. The maximum absolute atomic E-state index is 12.5. The summed E-state index contributed by atoms with van der Waals surface area (Å²) in [4.78, 5) is 21.9. The molecule has 1 saturated heterocycles. The summed E-state index contributed by atoms with van der Waals surface area (Å²) < 4.78 is 1.32. The first-order chi connectivity index (χ1) is 18.6. The van der Waals surface area contributed by atoms with Crippen molar-refractivity contribution in [2.24, 2.45) is 5.92 Å². The number of alkyl halides is 1. The minimum Gasteiger partial charge on any atom is -0.354 e. The van der Waals surface area contributed by atoms with E-state index in [9.17, 15) is 4.79 Å². The summed E-state index contributed by atoms with van der Waals surface area (Å²) in [7, 11) is 0. The van der Waals surface area contributed by atoms with Gasteiger partial charge >= 0.3 is 0 Å². The Labute approximate surface area is 248 Å². The number of hydrogen-bond acceptors (Lipinski definition) is 4. The Morgan fingerprint density at radius 3 is 1.74 bits per heavy atom. The number of nitrogens with zero attached hydrogens (tertiary/aromatic N) is 3. The van der Waals surface area contributed by atoms with Crippen LogP contribution in [0.15, 0.2) is 18.3 Å². The van der Waals surface area contributed by atoms with Crippen molar-refractivity contribution in [1.82, 2.24) is 15.2 Å². The third kappa shape index (κ3) is 15.6. The predicted octanol–water partition coefficient (Wildman–Crippen LogP) is 8.27.